The van der Waals surface area contributed by atoms with Crippen LogP contribution in [-0.2, 0) is 14.3 Å². The molecule has 0 spiro atoms. The van der Waals surface area contributed by atoms with E-state index in [1.54, 1.807) is 0 Å². The zero-order chi connectivity index (χ0) is 18.7. The summed E-state index contributed by atoms with van der Waals surface area (Å²) in [6.07, 6.45) is 1.52. The molecule has 26 heavy (non-hydrogen) atoms. The van der Waals surface area contributed by atoms with Crippen LogP contribution in [0.25, 0.3) is 0 Å². The van der Waals surface area contributed by atoms with Gasteiger partial charge in [0.05, 0.1) is 5.69 Å². The van der Waals surface area contributed by atoms with Gasteiger partial charge in [0.15, 0.2) is 6.04 Å². The van der Waals surface area contributed by atoms with Gasteiger partial charge in [-0.25, -0.2) is 9.18 Å². The lowest BCUT2D eigenvalue weighted by molar-refractivity contribution is -0.149. The third-order valence-corrected chi connectivity index (χ3v) is 4.27. The van der Waals surface area contributed by atoms with Crippen molar-refractivity contribution in [1.29, 1.82) is 0 Å². The van der Waals surface area contributed by atoms with Gasteiger partial charge in [-0.1, -0.05) is 0 Å². The summed E-state index contributed by atoms with van der Waals surface area (Å²) in [6, 6.07) is 4.30. The first kappa shape index (κ1) is 18.0. The molecule has 0 aromatic heterocycles. The van der Waals surface area contributed by atoms with E-state index in [0.29, 0.717) is 18.7 Å². The highest BCUT2D eigenvalue weighted by Crippen LogP contribution is 2.24. The van der Waals surface area contributed by atoms with E-state index in [2.05, 4.69) is 16.2 Å². The number of nitrogens with zero attached hydrogens (tertiary/aromatic N) is 1. The maximum atomic E-state index is 12.9. The highest BCUT2D eigenvalue weighted by molar-refractivity contribution is 5.89. The minimum atomic E-state index is -0.939. The molecule has 1 aliphatic carbocycles. The van der Waals surface area contributed by atoms with Gasteiger partial charge in [-0.05, 0) is 37.1 Å². The van der Waals surface area contributed by atoms with Gasteiger partial charge >= 0.3 is 12.0 Å². The largest absolute Gasteiger partial charge is 0.460 e. The van der Waals surface area contributed by atoms with Gasteiger partial charge in [0.25, 0.3) is 5.91 Å². The zero-order valence-corrected chi connectivity index (χ0v) is 14.3. The highest BCUT2D eigenvalue weighted by atomic mass is 19.1. The number of esters is 1. The van der Waals surface area contributed by atoms with Crippen molar-refractivity contribution in [3.05, 3.63) is 30.1 Å². The molecular weight excluding hydrogens is 343 g/mol. The van der Waals surface area contributed by atoms with Crippen LogP contribution in [0.3, 0.4) is 0 Å². The third-order valence-electron chi connectivity index (χ3n) is 4.27. The van der Waals surface area contributed by atoms with Gasteiger partial charge in [-0.15, -0.1) is 0 Å². The Kier molecular flexibility index (Phi) is 5.24. The van der Waals surface area contributed by atoms with Crippen LogP contribution in [0, 0.1) is 5.82 Å². The average molecular weight is 364 g/mol. The average Bonchev–Trinajstić information content (AvgIpc) is 3.31. The van der Waals surface area contributed by atoms with Gasteiger partial charge < -0.3 is 15.0 Å². The van der Waals surface area contributed by atoms with E-state index in [9.17, 15) is 18.8 Å². The van der Waals surface area contributed by atoms with Crippen LogP contribution in [0.4, 0.5) is 14.9 Å². The molecule has 3 rings (SSSR count). The Labute approximate surface area is 150 Å². The Morgan fingerprint density at radius 1 is 1.15 bits per heavy atom. The van der Waals surface area contributed by atoms with Crippen molar-refractivity contribution in [2.45, 2.75) is 44.4 Å². The van der Waals surface area contributed by atoms with Crippen molar-refractivity contribution >= 4 is 23.6 Å². The summed E-state index contributed by atoms with van der Waals surface area (Å²) >= 11 is 0. The fraction of sp³-hybridized carbons (Fsp3) is 0.471. The minimum Gasteiger partial charge on any atom is -0.460 e. The molecule has 3 N–H and O–H groups in total. The normalized spacial score (nSPS) is 21.8. The number of carbonyl (C=O) groups excluding carboxylic acids is 3. The molecule has 1 saturated heterocycles. The van der Waals surface area contributed by atoms with Crippen molar-refractivity contribution in [3.63, 3.8) is 0 Å². The topological polar surface area (TPSA) is 99.8 Å². The molecule has 1 aliphatic heterocycles. The quantitative estimate of drug-likeness (QED) is 0.538. The first-order valence-electron chi connectivity index (χ1n) is 8.50. The van der Waals surface area contributed by atoms with E-state index in [0.717, 1.165) is 12.8 Å². The van der Waals surface area contributed by atoms with Gasteiger partial charge in [0.1, 0.15) is 11.9 Å². The molecule has 2 fully saturated rings. The number of hydrogen-bond acceptors (Lipinski definition) is 5. The van der Waals surface area contributed by atoms with E-state index in [1.165, 1.54) is 36.1 Å². The number of carbonyl (C=O) groups is 3. The van der Waals surface area contributed by atoms with E-state index in [-0.39, 0.29) is 12.1 Å². The predicted molar refractivity (Wildman–Crippen MR) is 90.4 cm³/mol. The van der Waals surface area contributed by atoms with Gasteiger partial charge in [-0.3, -0.25) is 20.4 Å². The number of likely N-dealkylation sites (tertiary alicyclic amines) is 1. The summed E-state index contributed by atoms with van der Waals surface area (Å²) in [6.45, 7) is 1.57. The monoisotopic (exact) mass is 364 g/mol. The number of hydrogen-bond donors (Lipinski definition) is 3. The number of halogens is 1. The van der Waals surface area contributed by atoms with E-state index in [1.807, 2.05) is 0 Å². The van der Waals surface area contributed by atoms with Crippen molar-refractivity contribution in [1.82, 2.24) is 15.6 Å². The number of anilines is 1. The summed E-state index contributed by atoms with van der Waals surface area (Å²) in [4.78, 5) is 37.7. The molecule has 1 aromatic carbocycles. The number of rotatable bonds is 5. The number of nitrogens with one attached hydrogen (secondary N) is 3. The molecule has 9 heteroatoms. The second-order valence-electron chi connectivity index (χ2n) is 6.42. The predicted octanol–water partition coefficient (Wildman–Crippen LogP) is 1.15. The molecule has 3 amide bonds. The Morgan fingerprint density at radius 3 is 2.46 bits per heavy atom. The van der Waals surface area contributed by atoms with Crippen molar-refractivity contribution < 1.29 is 23.5 Å². The molecular formula is C17H21FN4O4. The first-order valence-corrected chi connectivity index (χ1v) is 8.50. The number of ether oxygens (including phenoxy) is 1. The fourth-order valence-corrected chi connectivity index (χ4v) is 2.86. The summed E-state index contributed by atoms with van der Waals surface area (Å²) in [5, 5.41) is 2.84. The molecule has 0 radical (unpaired) electrons. The molecule has 2 aliphatic rings. The van der Waals surface area contributed by atoms with Gasteiger partial charge in [0.2, 0.25) is 0 Å². The van der Waals surface area contributed by atoms with Crippen molar-refractivity contribution in [3.8, 4) is 0 Å². The summed E-state index contributed by atoms with van der Waals surface area (Å²) in [7, 11) is 0. The molecule has 140 valence electrons. The SMILES string of the molecule is CC(=O)OC1CCN(C(=O)NC2CC2)C1C(=O)NNc1ccc(F)cc1. The van der Waals surface area contributed by atoms with Crippen molar-refractivity contribution in [2.75, 3.05) is 12.0 Å². The number of hydrazine groups is 1. The highest BCUT2D eigenvalue weighted by Gasteiger charge is 2.44. The summed E-state index contributed by atoms with van der Waals surface area (Å²) < 4.78 is 18.2. The molecule has 1 heterocycles. The molecule has 2 atom stereocenters. The second-order valence-corrected chi connectivity index (χ2v) is 6.42. The summed E-state index contributed by atoms with van der Waals surface area (Å²) in [5.74, 6) is -1.41. The van der Waals surface area contributed by atoms with Crippen LogP contribution in [0.2, 0.25) is 0 Å². The first-order chi connectivity index (χ1) is 12.4. The molecule has 1 saturated carbocycles. The van der Waals surface area contributed by atoms with Crippen molar-refractivity contribution in [2.24, 2.45) is 0 Å². The van der Waals surface area contributed by atoms with Crippen LogP contribution in [0.1, 0.15) is 26.2 Å². The lowest BCUT2D eigenvalue weighted by Gasteiger charge is -2.27. The number of urea groups is 1. The van der Waals surface area contributed by atoms with Crippen LogP contribution in [0.15, 0.2) is 24.3 Å². The maximum absolute atomic E-state index is 12.9. The van der Waals surface area contributed by atoms with Crippen LogP contribution < -0.4 is 16.2 Å². The molecule has 0 bridgehead atoms. The lowest BCUT2D eigenvalue weighted by Crippen LogP contribution is -2.54. The van der Waals surface area contributed by atoms with Crippen LogP contribution >= 0.6 is 0 Å². The smallest absolute Gasteiger partial charge is 0.318 e. The van der Waals surface area contributed by atoms with Gasteiger partial charge in [0, 0.05) is 25.9 Å². The van der Waals surface area contributed by atoms with E-state index >= 15 is 0 Å². The minimum absolute atomic E-state index is 0.149. The number of amides is 3. The molecule has 8 nitrogen and oxygen atoms in total. The third kappa shape index (κ3) is 4.41. The van der Waals surface area contributed by atoms with Crippen LogP contribution in [-0.4, -0.2) is 47.5 Å². The van der Waals surface area contributed by atoms with E-state index in [4.69, 9.17) is 4.74 Å². The molecule has 2 unspecified atom stereocenters. The van der Waals surface area contributed by atoms with Crippen LogP contribution in [0.5, 0.6) is 0 Å². The maximum Gasteiger partial charge on any atom is 0.318 e. The Balaban J connectivity index is 1.66. The fourth-order valence-electron chi connectivity index (χ4n) is 2.86. The Hall–Kier alpha value is -2.84. The Morgan fingerprint density at radius 2 is 1.85 bits per heavy atom. The van der Waals surface area contributed by atoms with Gasteiger partial charge in [-0.2, -0.15) is 0 Å². The van der Waals surface area contributed by atoms with E-state index < -0.39 is 29.8 Å². The second kappa shape index (κ2) is 7.59. The number of benzene rings is 1. The standard InChI is InChI=1S/C17H21FN4O4/c1-10(23)26-14-8-9-22(17(25)19-12-6-7-12)15(14)16(24)21-20-13-4-2-11(18)3-5-13/h2-5,12,14-15,20H,6-9H2,1H3,(H,19,25)(H,21,24). The lowest BCUT2D eigenvalue weighted by atomic mass is 10.1. The zero-order valence-electron chi connectivity index (χ0n) is 14.3. The molecule has 1 aromatic rings. The Bertz CT molecular complexity index is 693. The summed E-state index contributed by atoms with van der Waals surface area (Å²) in [5.41, 5.74) is 5.65.